The van der Waals surface area contributed by atoms with Gasteiger partial charge in [-0.25, -0.2) is 0 Å². The van der Waals surface area contributed by atoms with Crippen molar-refractivity contribution in [1.29, 1.82) is 0 Å². The van der Waals surface area contributed by atoms with Gasteiger partial charge in [0, 0.05) is 32.2 Å². The zero-order valence-electron chi connectivity index (χ0n) is 22.2. The molecule has 1 rings (SSSR count). The van der Waals surface area contributed by atoms with Crippen LogP contribution in [0.1, 0.15) is 80.1 Å². The molecule has 1 aliphatic heterocycles. The molecule has 0 bridgehead atoms. The van der Waals surface area contributed by atoms with E-state index in [0.29, 0.717) is 38.8 Å². The molecule has 6 N–H and O–H groups in total. The summed E-state index contributed by atoms with van der Waals surface area (Å²) in [7, 11) is 0. The number of rotatable bonds is 17. The Balaban J connectivity index is 2.96. The topological polar surface area (TPSA) is 169 Å². The lowest BCUT2D eigenvalue weighted by Crippen LogP contribution is -2.47. The molecular formula is C25H45N5O5. The Bertz CT molecular complexity index is 772. The molecule has 0 aromatic heterocycles. The second-order valence-electron chi connectivity index (χ2n) is 10.8. The number of nitrogens with one attached hydrogen (secondary N) is 2. The molecule has 0 aliphatic carbocycles. The Hall–Kier alpha value is -2.49. The number of guanidine groups is 1. The lowest BCUT2D eigenvalue weighted by Gasteiger charge is -2.25. The maximum atomic E-state index is 13.3. The van der Waals surface area contributed by atoms with Gasteiger partial charge in [0.1, 0.15) is 0 Å². The minimum Gasteiger partial charge on any atom is -0.370 e. The van der Waals surface area contributed by atoms with Gasteiger partial charge in [-0.3, -0.25) is 24.2 Å². The SMILES string of the molecule is CC(=O)N[C@@H](CC(C)C)C(=O)C[C@@H](CC(C)C)C(=O)N[C@@H](CCCN=C(N)N)C(=O)C[C@@]1(C)CO1. The Morgan fingerprint density at radius 2 is 1.57 bits per heavy atom. The summed E-state index contributed by atoms with van der Waals surface area (Å²) in [5.74, 6) is -1.17. The Kier molecular flexibility index (Phi) is 12.4. The lowest BCUT2D eigenvalue weighted by atomic mass is 9.87. The predicted octanol–water partition coefficient (Wildman–Crippen LogP) is 1.45. The van der Waals surface area contributed by atoms with Crippen LogP contribution in [0.2, 0.25) is 0 Å². The standard InChI is InChI=1S/C25H45N5O5/c1-15(2)10-18(12-21(32)20(11-16(3)4)29-17(5)31)23(34)30-19(8-7-9-28-24(26)27)22(33)13-25(6)14-35-25/h15-16,18-20H,7-14H2,1-6H3,(H,29,31)(H,30,34)(H4,26,27,28)/t18-,19+,20+,25+/m1/s1. The number of nitrogens with zero attached hydrogens (tertiary/aromatic N) is 1. The van der Waals surface area contributed by atoms with Crippen LogP contribution in [0.5, 0.6) is 0 Å². The minimum absolute atomic E-state index is 0.00256. The number of amides is 2. The molecule has 0 unspecified atom stereocenters. The molecule has 0 aromatic carbocycles. The largest absolute Gasteiger partial charge is 0.370 e. The van der Waals surface area contributed by atoms with Crippen LogP contribution in [0.3, 0.4) is 0 Å². The smallest absolute Gasteiger partial charge is 0.224 e. The summed E-state index contributed by atoms with van der Waals surface area (Å²) in [6, 6.07) is -1.36. The molecule has 1 fully saturated rings. The lowest BCUT2D eigenvalue weighted by molar-refractivity contribution is -0.134. The number of Topliss-reactive ketones (excluding diaryl/α,β-unsaturated/α-hetero) is 2. The number of ether oxygens (including phenoxy) is 1. The van der Waals surface area contributed by atoms with E-state index in [9.17, 15) is 19.2 Å². The number of aliphatic imine (C=N–C) groups is 1. The van der Waals surface area contributed by atoms with Gasteiger partial charge in [0.15, 0.2) is 17.5 Å². The van der Waals surface area contributed by atoms with Crippen LogP contribution in [-0.4, -0.2) is 60.2 Å². The van der Waals surface area contributed by atoms with Crippen LogP contribution in [0.15, 0.2) is 4.99 Å². The van der Waals surface area contributed by atoms with Crippen LogP contribution in [0.4, 0.5) is 0 Å². The summed E-state index contributed by atoms with van der Waals surface area (Å²) in [6.07, 6.45) is 2.08. The zero-order chi connectivity index (χ0) is 26.8. The molecule has 0 saturated carbocycles. The van der Waals surface area contributed by atoms with E-state index in [4.69, 9.17) is 16.2 Å². The highest BCUT2D eigenvalue weighted by atomic mass is 16.6. The average molecular weight is 496 g/mol. The van der Waals surface area contributed by atoms with Crippen LogP contribution >= 0.6 is 0 Å². The van der Waals surface area contributed by atoms with Gasteiger partial charge >= 0.3 is 0 Å². The maximum Gasteiger partial charge on any atom is 0.224 e. The van der Waals surface area contributed by atoms with Crippen molar-refractivity contribution in [2.75, 3.05) is 13.2 Å². The highest BCUT2D eigenvalue weighted by molar-refractivity contribution is 5.94. The number of hydrogen-bond donors (Lipinski definition) is 4. The fourth-order valence-electron chi connectivity index (χ4n) is 4.05. The van der Waals surface area contributed by atoms with Gasteiger partial charge in [-0.15, -0.1) is 0 Å². The monoisotopic (exact) mass is 495 g/mol. The van der Waals surface area contributed by atoms with E-state index >= 15 is 0 Å². The number of epoxide rings is 1. The number of carbonyl (C=O) groups is 4. The van der Waals surface area contributed by atoms with Crippen LogP contribution in [0, 0.1) is 17.8 Å². The van der Waals surface area contributed by atoms with Gasteiger partial charge in [0.05, 0.1) is 24.3 Å². The first kappa shape index (κ1) is 30.5. The van der Waals surface area contributed by atoms with E-state index in [-0.39, 0.29) is 54.0 Å². The van der Waals surface area contributed by atoms with Crippen molar-refractivity contribution < 1.29 is 23.9 Å². The molecule has 10 nitrogen and oxygen atoms in total. The second kappa shape index (κ2) is 14.2. The molecule has 1 aliphatic rings. The summed E-state index contributed by atoms with van der Waals surface area (Å²) in [4.78, 5) is 55.0. The summed E-state index contributed by atoms with van der Waals surface area (Å²) in [5.41, 5.74) is 10.3. The summed E-state index contributed by atoms with van der Waals surface area (Å²) >= 11 is 0. The zero-order valence-corrected chi connectivity index (χ0v) is 22.2. The van der Waals surface area contributed by atoms with E-state index < -0.39 is 23.6 Å². The molecule has 1 saturated heterocycles. The fourth-order valence-corrected chi connectivity index (χ4v) is 4.05. The number of hydrogen-bond acceptors (Lipinski definition) is 6. The van der Waals surface area contributed by atoms with E-state index in [1.807, 2.05) is 34.6 Å². The van der Waals surface area contributed by atoms with E-state index in [2.05, 4.69) is 15.6 Å². The summed E-state index contributed by atoms with van der Waals surface area (Å²) in [6.45, 7) is 12.0. The first-order chi connectivity index (χ1) is 16.2. The third-order valence-corrected chi connectivity index (χ3v) is 5.88. The Morgan fingerprint density at radius 3 is 2.06 bits per heavy atom. The molecule has 10 heteroatoms. The predicted molar refractivity (Wildman–Crippen MR) is 135 cm³/mol. The van der Waals surface area contributed by atoms with Crippen LogP contribution in [-0.2, 0) is 23.9 Å². The Labute approximate surface area is 209 Å². The highest BCUT2D eigenvalue weighted by Crippen LogP contribution is 2.31. The van der Waals surface area contributed by atoms with Crippen molar-refractivity contribution in [3.8, 4) is 0 Å². The van der Waals surface area contributed by atoms with Gasteiger partial charge in [0.25, 0.3) is 0 Å². The maximum absolute atomic E-state index is 13.3. The molecule has 35 heavy (non-hydrogen) atoms. The van der Waals surface area contributed by atoms with Gasteiger partial charge in [0.2, 0.25) is 11.8 Å². The number of carbonyl (C=O) groups excluding carboxylic acids is 4. The van der Waals surface area contributed by atoms with E-state index in [1.165, 1.54) is 6.92 Å². The van der Waals surface area contributed by atoms with Crippen molar-refractivity contribution in [2.24, 2.45) is 34.2 Å². The number of nitrogens with two attached hydrogens (primary N) is 2. The van der Waals surface area contributed by atoms with Crippen LogP contribution in [0.25, 0.3) is 0 Å². The van der Waals surface area contributed by atoms with Gasteiger partial charge in [-0.05, 0) is 44.4 Å². The molecular weight excluding hydrogens is 450 g/mol. The first-order valence-electron chi connectivity index (χ1n) is 12.5. The molecule has 2 amide bonds. The van der Waals surface area contributed by atoms with Crippen molar-refractivity contribution >= 4 is 29.3 Å². The van der Waals surface area contributed by atoms with Crippen molar-refractivity contribution in [1.82, 2.24) is 10.6 Å². The average Bonchev–Trinajstić information content (AvgIpc) is 3.44. The van der Waals surface area contributed by atoms with E-state index in [1.54, 1.807) is 0 Å². The van der Waals surface area contributed by atoms with E-state index in [0.717, 1.165) is 0 Å². The summed E-state index contributed by atoms with van der Waals surface area (Å²) in [5, 5.41) is 5.61. The minimum atomic E-state index is -0.718. The van der Waals surface area contributed by atoms with Crippen molar-refractivity contribution in [3.05, 3.63) is 0 Å². The third kappa shape index (κ3) is 12.7. The molecule has 4 atom stereocenters. The molecule has 0 spiro atoms. The van der Waals surface area contributed by atoms with Gasteiger partial charge in [-0.1, -0.05) is 27.7 Å². The van der Waals surface area contributed by atoms with Crippen molar-refractivity contribution in [2.45, 2.75) is 97.8 Å². The molecule has 1 heterocycles. The first-order valence-corrected chi connectivity index (χ1v) is 12.5. The van der Waals surface area contributed by atoms with Gasteiger partial charge in [-0.2, -0.15) is 0 Å². The van der Waals surface area contributed by atoms with Crippen LogP contribution < -0.4 is 22.1 Å². The molecule has 200 valence electrons. The van der Waals surface area contributed by atoms with Gasteiger partial charge < -0.3 is 26.8 Å². The molecule has 0 radical (unpaired) electrons. The van der Waals surface area contributed by atoms with Crippen molar-refractivity contribution in [3.63, 3.8) is 0 Å². The Morgan fingerprint density at radius 1 is 0.971 bits per heavy atom. The quantitative estimate of drug-likeness (QED) is 0.102. The second-order valence-corrected chi connectivity index (χ2v) is 10.8. The fraction of sp³-hybridized carbons (Fsp3) is 0.800. The number of ketones is 2. The molecule has 0 aromatic rings. The summed E-state index contributed by atoms with van der Waals surface area (Å²) < 4.78 is 5.35. The highest BCUT2D eigenvalue weighted by Gasteiger charge is 2.43. The third-order valence-electron chi connectivity index (χ3n) is 5.88. The normalized spacial score (nSPS) is 19.5.